The summed E-state index contributed by atoms with van der Waals surface area (Å²) in [4.78, 5) is 0. The van der Waals surface area contributed by atoms with E-state index in [2.05, 4.69) is 0 Å². The lowest BCUT2D eigenvalue weighted by molar-refractivity contribution is 0.375. The van der Waals surface area contributed by atoms with Crippen LogP contribution in [0.4, 0.5) is 4.39 Å². The number of hydrogen-bond donors (Lipinski definition) is 0. The molecule has 0 saturated heterocycles. The number of halogens is 1. The molecule has 0 aliphatic heterocycles. The first kappa shape index (κ1) is 10.3. The van der Waals surface area contributed by atoms with Crippen LogP contribution in [0.5, 0.6) is 11.5 Å². The summed E-state index contributed by atoms with van der Waals surface area (Å²) >= 11 is 0. The van der Waals surface area contributed by atoms with E-state index in [1.165, 1.54) is 26.4 Å². The molecule has 0 atom stereocenters. The molecule has 0 spiro atoms. The van der Waals surface area contributed by atoms with E-state index in [4.69, 9.17) is 14.7 Å². The fourth-order valence-corrected chi connectivity index (χ4v) is 1.15. The van der Waals surface area contributed by atoms with Gasteiger partial charge in [-0.05, 0) is 6.07 Å². The highest BCUT2D eigenvalue weighted by Gasteiger charge is 2.10. The standard InChI is InChI=1S/C10H10FNO2/c1-13-9-6-8(11)10(14-2)5-7(9)3-4-12/h5-6H,3H2,1-2H3. The first-order valence-electron chi connectivity index (χ1n) is 4.00. The SMILES string of the molecule is COc1cc(CC#N)c(OC)cc1F. The number of ether oxygens (including phenoxy) is 2. The third kappa shape index (κ3) is 1.94. The summed E-state index contributed by atoms with van der Waals surface area (Å²) in [5.74, 6) is -0.00746. The van der Waals surface area contributed by atoms with Crippen molar-refractivity contribution in [2.75, 3.05) is 14.2 Å². The van der Waals surface area contributed by atoms with Gasteiger partial charge in [-0.25, -0.2) is 4.39 Å². The second kappa shape index (κ2) is 4.47. The van der Waals surface area contributed by atoms with Gasteiger partial charge >= 0.3 is 0 Å². The molecule has 0 aliphatic rings. The van der Waals surface area contributed by atoms with Crippen molar-refractivity contribution in [1.82, 2.24) is 0 Å². The molecule has 0 heterocycles. The van der Waals surface area contributed by atoms with Gasteiger partial charge in [0.25, 0.3) is 0 Å². The lowest BCUT2D eigenvalue weighted by atomic mass is 10.1. The number of benzene rings is 1. The van der Waals surface area contributed by atoms with Crippen LogP contribution in [0.3, 0.4) is 0 Å². The molecule has 1 rings (SSSR count). The predicted molar refractivity (Wildman–Crippen MR) is 48.8 cm³/mol. The molecule has 0 fully saturated rings. The van der Waals surface area contributed by atoms with E-state index in [0.717, 1.165) is 0 Å². The third-order valence-electron chi connectivity index (χ3n) is 1.82. The van der Waals surface area contributed by atoms with Crippen molar-refractivity contribution >= 4 is 0 Å². The maximum absolute atomic E-state index is 13.2. The van der Waals surface area contributed by atoms with Gasteiger partial charge in [-0.15, -0.1) is 0 Å². The van der Waals surface area contributed by atoms with E-state index < -0.39 is 5.82 Å². The monoisotopic (exact) mass is 195 g/mol. The molecule has 1 aromatic rings. The molecule has 14 heavy (non-hydrogen) atoms. The van der Waals surface area contributed by atoms with E-state index in [9.17, 15) is 4.39 Å². The van der Waals surface area contributed by atoms with Crippen LogP contribution in [-0.2, 0) is 6.42 Å². The molecule has 0 unspecified atom stereocenters. The van der Waals surface area contributed by atoms with Crippen molar-refractivity contribution in [3.05, 3.63) is 23.5 Å². The first-order chi connectivity index (χ1) is 6.72. The van der Waals surface area contributed by atoms with Gasteiger partial charge in [-0.1, -0.05) is 0 Å². The van der Waals surface area contributed by atoms with Gasteiger partial charge in [0.05, 0.1) is 26.7 Å². The highest BCUT2D eigenvalue weighted by Crippen LogP contribution is 2.27. The number of methoxy groups -OCH3 is 2. The quantitative estimate of drug-likeness (QED) is 0.739. The van der Waals surface area contributed by atoms with E-state index in [1.54, 1.807) is 0 Å². The highest BCUT2D eigenvalue weighted by atomic mass is 19.1. The maximum atomic E-state index is 13.2. The molecule has 3 nitrogen and oxygen atoms in total. The van der Waals surface area contributed by atoms with Crippen LogP contribution in [0.15, 0.2) is 12.1 Å². The van der Waals surface area contributed by atoms with Crippen LogP contribution in [0, 0.1) is 17.1 Å². The normalized spacial score (nSPS) is 9.29. The average molecular weight is 195 g/mol. The van der Waals surface area contributed by atoms with Crippen LogP contribution >= 0.6 is 0 Å². The molecule has 0 aliphatic carbocycles. The van der Waals surface area contributed by atoms with Gasteiger partial charge in [0.2, 0.25) is 0 Å². The van der Waals surface area contributed by atoms with Gasteiger partial charge < -0.3 is 9.47 Å². The molecule has 74 valence electrons. The molecule has 4 heteroatoms. The van der Waals surface area contributed by atoms with Crippen LogP contribution in [0.1, 0.15) is 5.56 Å². The smallest absolute Gasteiger partial charge is 0.168 e. The number of nitriles is 1. The lowest BCUT2D eigenvalue weighted by Gasteiger charge is -2.08. The van der Waals surface area contributed by atoms with Gasteiger partial charge in [0, 0.05) is 11.6 Å². The van der Waals surface area contributed by atoms with Crippen LogP contribution in [0.25, 0.3) is 0 Å². The molecule has 0 amide bonds. The number of hydrogen-bond acceptors (Lipinski definition) is 3. The Morgan fingerprint density at radius 1 is 1.29 bits per heavy atom. The van der Waals surface area contributed by atoms with Crippen LogP contribution in [0.2, 0.25) is 0 Å². The van der Waals surface area contributed by atoms with Crippen LogP contribution in [-0.4, -0.2) is 14.2 Å². The minimum absolute atomic E-state index is 0.121. The Balaban J connectivity index is 3.19. The Hall–Kier alpha value is -1.76. The van der Waals surface area contributed by atoms with Crippen molar-refractivity contribution in [3.8, 4) is 17.6 Å². The zero-order valence-corrected chi connectivity index (χ0v) is 8.00. The van der Waals surface area contributed by atoms with Crippen molar-refractivity contribution in [2.24, 2.45) is 0 Å². The highest BCUT2D eigenvalue weighted by molar-refractivity contribution is 5.42. The Morgan fingerprint density at radius 3 is 2.43 bits per heavy atom. The van der Waals surface area contributed by atoms with Gasteiger partial charge in [-0.2, -0.15) is 5.26 Å². The third-order valence-corrected chi connectivity index (χ3v) is 1.82. The van der Waals surface area contributed by atoms with E-state index in [0.29, 0.717) is 11.3 Å². The summed E-state index contributed by atoms with van der Waals surface area (Å²) in [7, 11) is 2.81. The molecule has 0 saturated carbocycles. The fraction of sp³-hybridized carbons (Fsp3) is 0.300. The summed E-state index contributed by atoms with van der Waals surface area (Å²) in [6.07, 6.45) is 0.166. The van der Waals surface area contributed by atoms with Crippen molar-refractivity contribution in [3.63, 3.8) is 0 Å². The zero-order chi connectivity index (χ0) is 10.6. The molecule has 1 aromatic carbocycles. The Bertz CT molecular complexity index is 371. The largest absolute Gasteiger partial charge is 0.496 e. The summed E-state index contributed by atoms with van der Waals surface area (Å²) in [6.45, 7) is 0. The Morgan fingerprint density at radius 2 is 1.93 bits per heavy atom. The topological polar surface area (TPSA) is 42.2 Å². The minimum atomic E-state index is -0.494. The molecule has 0 aromatic heterocycles. The molecule has 0 bridgehead atoms. The predicted octanol–water partition coefficient (Wildman–Crippen LogP) is 1.91. The maximum Gasteiger partial charge on any atom is 0.168 e. The number of rotatable bonds is 3. The first-order valence-corrected chi connectivity index (χ1v) is 4.00. The van der Waals surface area contributed by atoms with E-state index in [1.807, 2.05) is 6.07 Å². The van der Waals surface area contributed by atoms with Crippen LogP contribution < -0.4 is 9.47 Å². The van der Waals surface area contributed by atoms with Crippen molar-refractivity contribution < 1.29 is 13.9 Å². The minimum Gasteiger partial charge on any atom is -0.496 e. The molecular weight excluding hydrogens is 185 g/mol. The van der Waals surface area contributed by atoms with Crippen molar-refractivity contribution in [2.45, 2.75) is 6.42 Å². The van der Waals surface area contributed by atoms with Gasteiger partial charge in [-0.3, -0.25) is 0 Å². The molecular formula is C10H10FNO2. The second-order valence-corrected chi connectivity index (χ2v) is 2.63. The summed E-state index contributed by atoms with van der Waals surface area (Å²) in [6, 6.07) is 4.65. The summed E-state index contributed by atoms with van der Waals surface area (Å²) in [5, 5.41) is 8.53. The fourth-order valence-electron chi connectivity index (χ4n) is 1.15. The lowest BCUT2D eigenvalue weighted by Crippen LogP contribution is -1.95. The Labute approximate surface area is 81.7 Å². The second-order valence-electron chi connectivity index (χ2n) is 2.63. The zero-order valence-electron chi connectivity index (χ0n) is 8.00. The van der Waals surface area contributed by atoms with Gasteiger partial charge in [0.15, 0.2) is 11.6 Å². The Kier molecular flexibility index (Phi) is 3.29. The molecule has 0 N–H and O–H groups in total. The average Bonchev–Trinajstić information content (AvgIpc) is 2.20. The summed E-state index contributed by atoms with van der Waals surface area (Å²) in [5.41, 5.74) is 0.619. The summed E-state index contributed by atoms with van der Waals surface area (Å²) < 4.78 is 22.9. The van der Waals surface area contributed by atoms with Gasteiger partial charge in [0.1, 0.15) is 5.75 Å². The molecule has 0 radical (unpaired) electrons. The van der Waals surface area contributed by atoms with E-state index >= 15 is 0 Å². The van der Waals surface area contributed by atoms with E-state index in [-0.39, 0.29) is 12.2 Å². The number of nitrogens with zero attached hydrogens (tertiary/aromatic N) is 1. The van der Waals surface area contributed by atoms with Crippen molar-refractivity contribution in [1.29, 1.82) is 5.26 Å².